The first-order chi connectivity index (χ1) is 13.8. The van der Waals surface area contributed by atoms with Crippen LogP contribution in [0.25, 0.3) is 0 Å². The molecule has 3 rings (SSSR count). The van der Waals surface area contributed by atoms with E-state index in [1.165, 1.54) is 20.8 Å². The number of fused-ring (bicyclic) bond motifs is 1. The van der Waals surface area contributed by atoms with Gasteiger partial charge in [-0.2, -0.15) is 0 Å². The van der Waals surface area contributed by atoms with E-state index >= 15 is 0 Å². The Morgan fingerprint density at radius 3 is 2.34 bits per heavy atom. The lowest BCUT2D eigenvalue weighted by atomic mass is 9.96. The molecule has 1 aromatic rings. The number of carbonyl (C=O) groups excluding carboxylic acids is 4. The van der Waals surface area contributed by atoms with Crippen LogP contribution in [-0.2, 0) is 33.3 Å². The average molecular weight is 407 g/mol. The van der Waals surface area contributed by atoms with Crippen LogP contribution in [0, 0.1) is 0 Å². The second kappa shape index (κ2) is 8.48. The van der Waals surface area contributed by atoms with E-state index in [4.69, 9.17) is 23.7 Å². The van der Waals surface area contributed by atoms with Gasteiger partial charge in [0.25, 0.3) is 0 Å². The van der Waals surface area contributed by atoms with E-state index in [2.05, 4.69) is 0 Å². The minimum absolute atomic E-state index is 0.261. The molecular formula is C19H21NO9. The Morgan fingerprint density at radius 2 is 1.76 bits per heavy atom. The van der Waals surface area contributed by atoms with E-state index in [1.807, 2.05) is 0 Å². The summed E-state index contributed by atoms with van der Waals surface area (Å²) in [5.74, 6) is -1.36. The first-order valence-electron chi connectivity index (χ1n) is 8.96. The maximum atomic E-state index is 12.3. The fourth-order valence-electron chi connectivity index (χ4n) is 3.33. The van der Waals surface area contributed by atoms with Gasteiger partial charge in [0.2, 0.25) is 12.2 Å². The van der Waals surface area contributed by atoms with E-state index in [9.17, 15) is 19.2 Å². The van der Waals surface area contributed by atoms with Crippen LogP contribution in [0.15, 0.2) is 30.3 Å². The third kappa shape index (κ3) is 4.48. The van der Waals surface area contributed by atoms with E-state index in [0.29, 0.717) is 5.75 Å². The molecule has 10 nitrogen and oxygen atoms in total. The van der Waals surface area contributed by atoms with Crippen molar-refractivity contribution in [3.8, 4) is 5.75 Å². The number of hydrogen-bond donors (Lipinski definition) is 0. The van der Waals surface area contributed by atoms with Gasteiger partial charge >= 0.3 is 18.0 Å². The van der Waals surface area contributed by atoms with Gasteiger partial charge in [-0.25, -0.2) is 9.69 Å². The molecule has 29 heavy (non-hydrogen) atoms. The molecule has 0 aromatic heterocycles. The van der Waals surface area contributed by atoms with Gasteiger partial charge in [0.05, 0.1) is 0 Å². The highest BCUT2D eigenvalue weighted by Gasteiger charge is 2.60. The molecule has 0 saturated carbocycles. The van der Waals surface area contributed by atoms with Crippen LogP contribution >= 0.6 is 0 Å². The molecule has 0 spiro atoms. The number of hydrogen-bond acceptors (Lipinski definition) is 9. The molecule has 0 radical (unpaired) electrons. The van der Waals surface area contributed by atoms with Crippen LogP contribution in [0.3, 0.4) is 0 Å². The summed E-state index contributed by atoms with van der Waals surface area (Å²) in [6.45, 7) is 3.35. The van der Waals surface area contributed by atoms with Crippen molar-refractivity contribution in [1.82, 2.24) is 4.90 Å². The molecule has 2 heterocycles. The van der Waals surface area contributed by atoms with Crippen LogP contribution in [0.5, 0.6) is 5.75 Å². The predicted octanol–water partition coefficient (Wildman–Crippen LogP) is 1.02. The number of para-hydroxylation sites is 1. The first-order valence-corrected chi connectivity index (χ1v) is 8.96. The normalized spacial score (nSPS) is 28.2. The fraction of sp³-hybridized carbons (Fsp3) is 0.474. The van der Waals surface area contributed by atoms with E-state index in [-0.39, 0.29) is 6.61 Å². The SMILES string of the molecule is CC(=O)OC[C@H]1OC(Oc2ccccc2)[C@H]2[C@@H](OC(=O)N2C(C)=O)[C@@H]1OC(C)=O. The zero-order chi connectivity index (χ0) is 21.1. The summed E-state index contributed by atoms with van der Waals surface area (Å²) in [6, 6.07) is 7.63. The van der Waals surface area contributed by atoms with E-state index in [0.717, 1.165) is 4.90 Å². The Morgan fingerprint density at radius 1 is 1.07 bits per heavy atom. The quantitative estimate of drug-likeness (QED) is 0.521. The smallest absolute Gasteiger partial charge is 0.417 e. The van der Waals surface area contributed by atoms with Crippen molar-refractivity contribution in [3.05, 3.63) is 30.3 Å². The fourth-order valence-corrected chi connectivity index (χ4v) is 3.33. The highest BCUT2D eigenvalue weighted by Crippen LogP contribution is 2.36. The number of benzene rings is 1. The summed E-state index contributed by atoms with van der Waals surface area (Å²) in [4.78, 5) is 48.1. The second-order valence-electron chi connectivity index (χ2n) is 6.58. The number of rotatable bonds is 5. The number of carbonyl (C=O) groups is 4. The number of amides is 2. The third-order valence-electron chi connectivity index (χ3n) is 4.43. The molecule has 0 bridgehead atoms. The van der Waals surface area contributed by atoms with Gasteiger partial charge in [0.1, 0.15) is 24.5 Å². The summed E-state index contributed by atoms with van der Waals surface area (Å²) >= 11 is 0. The molecule has 2 saturated heterocycles. The van der Waals surface area contributed by atoms with Crippen molar-refractivity contribution >= 4 is 23.9 Å². The number of esters is 2. The lowest BCUT2D eigenvalue weighted by molar-refractivity contribution is -0.247. The van der Waals surface area contributed by atoms with Gasteiger partial charge in [0, 0.05) is 20.8 Å². The molecule has 156 valence electrons. The topological polar surface area (TPSA) is 118 Å². The highest BCUT2D eigenvalue weighted by atomic mass is 16.7. The summed E-state index contributed by atoms with van der Waals surface area (Å²) in [7, 11) is 0. The van der Waals surface area contributed by atoms with Crippen LogP contribution in [0.1, 0.15) is 20.8 Å². The lowest BCUT2D eigenvalue weighted by Crippen LogP contribution is -2.63. The summed E-state index contributed by atoms with van der Waals surface area (Å²) in [6.07, 6.45) is -5.16. The van der Waals surface area contributed by atoms with Crippen molar-refractivity contribution in [2.45, 2.75) is 51.4 Å². The Labute approximate surface area is 166 Å². The average Bonchev–Trinajstić information content (AvgIpc) is 3.00. The van der Waals surface area contributed by atoms with Crippen molar-refractivity contribution in [3.63, 3.8) is 0 Å². The van der Waals surface area contributed by atoms with Gasteiger partial charge in [-0.05, 0) is 12.1 Å². The van der Waals surface area contributed by atoms with Crippen LogP contribution < -0.4 is 4.74 Å². The molecule has 0 N–H and O–H groups in total. The Kier molecular flexibility index (Phi) is 6.02. The molecule has 1 unspecified atom stereocenters. The zero-order valence-corrected chi connectivity index (χ0v) is 16.1. The first kappa shape index (κ1) is 20.6. The maximum Gasteiger partial charge on any atom is 0.417 e. The standard InChI is InChI=1S/C19H21NO9/c1-10(21)20-15-17(29-19(20)24)16(26-12(3)23)14(9-25-11(2)22)28-18(15)27-13-7-5-4-6-8-13/h4-8,14-18H,9H2,1-3H3/t14-,15-,16-,17-,18?/m1/s1. The summed E-state index contributed by atoms with van der Waals surface area (Å²) in [5.41, 5.74) is 0. The Balaban J connectivity index is 1.95. The minimum atomic E-state index is -1.13. The molecule has 10 heteroatoms. The van der Waals surface area contributed by atoms with Gasteiger partial charge in [-0.1, -0.05) is 18.2 Å². The molecule has 1 aromatic carbocycles. The third-order valence-corrected chi connectivity index (χ3v) is 4.43. The van der Waals surface area contributed by atoms with Crippen molar-refractivity contribution in [2.24, 2.45) is 0 Å². The molecule has 2 aliphatic rings. The monoisotopic (exact) mass is 407 g/mol. The molecule has 2 fully saturated rings. The van der Waals surface area contributed by atoms with Gasteiger partial charge in [-0.15, -0.1) is 0 Å². The Hall–Kier alpha value is -3.14. The van der Waals surface area contributed by atoms with E-state index < -0.39 is 54.6 Å². The molecule has 2 amide bonds. The number of imide groups is 1. The van der Waals surface area contributed by atoms with Gasteiger partial charge < -0.3 is 23.7 Å². The number of nitrogens with zero attached hydrogens (tertiary/aromatic N) is 1. The lowest BCUT2D eigenvalue weighted by Gasteiger charge is -2.42. The number of ether oxygens (including phenoxy) is 5. The maximum absolute atomic E-state index is 12.3. The molecule has 0 aliphatic carbocycles. The molecule has 5 atom stereocenters. The molecule has 2 aliphatic heterocycles. The Bertz CT molecular complexity index is 796. The van der Waals surface area contributed by atoms with Crippen LogP contribution in [-0.4, -0.2) is 66.1 Å². The predicted molar refractivity (Wildman–Crippen MR) is 94.5 cm³/mol. The van der Waals surface area contributed by atoms with Crippen molar-refractivity contribution in [2.75, 3.05) is 6.61 Å². The largest absolute Gasteiger partial charge is 0.463 e. The van der Waals surface area contributed by atoms with Crippen LogP contribution in [0.4, 0.5) is 4.79 Å². The summed E-state index contributed by atoms with van der Waals surface area (Å²) in [5, 5.41) is 0. The second-order valence-corrected chi connectivity index (χ2v) is 6.58. The molecular weight excluding hydrogens is 386 g/mol. The van der Waals surface area contributed by atoms with E-state index in [1.54, 1.807) is 30.3 Å². The minimum Gasteiger partial charge on any atom is -0.463 e. The highest BCUT2D eigenvalue weighted by molar-refractivity contribution is 5.92. The van der Waals surface area contributed by atoms with Crippen molar-refractivity contribution in [1.29, 1.82) is 0 Å². The summed E-state index contributed by atoms with van der Waals surface area (Å²) < 4.78 is 27.4. The van der Waals surface area contributed by atoms with Crippen molar-refractivity contribution < 1.29 is 42.9 Å². The van der Waals surface area contributed by atoms with Gasteiger partial charge in [-0.3, -0.25) is 14.4 Å². The zero-order valence-electron chi connectivity index (χ0n) is 16.1. The van der Waals surface area contributed by atoms with Gasteiger partial charge in [0.15, 0.2) is 12.2 Å². The van der Waals surface area contributed by atoms with Crippen LogP contribution in [0.2, 0.25) is 0 Å².